The van der Waals surface area contributed by atoms with Gasteiger partial charge in [-0.05, 0) is 70.6 Å². The standard InChI is InChI=1S/C58H111N2O6P/c1-6-8-10-12-14-16-18-20-22-24-26-28-29-30-32-33-35-37-39-41-43-45-47-49-51-57(61)56(55-66-67(63,64)65-54-53-60(3,4)5)59-58(62)52-50-48-46-44-42-40-38-36-34-31-27-25-23-21-19-17-15-13-11-9-7-2/h31,33-35,41,43,49,51,56-57,61H,6-30,32,36-40,42,44-48,50,52-55H2,1-5H3,(H-,59,62,63,64)/b34-31-,35-33+,43-41+,51-49+. The minimum absolute atomic E-state index is 0.0103. The molecule has 3 atom stereocenters. The van der Waals surface area contributed by atoms with E-state index in [0.29, 0.717) is 17.4 Å². The van der Waals surface area contributed by atoms with Crippen molar-refractivity contribution in [2.24, 2.45) is 0 Å². The number of aliphatic hydroxyl groups excluding tert-OH is 1. The largest absolute Gasteiger partial charge is 0.756 e. The fourth-order valence-corrected chi connectivity index (χ4v) is 8.96. The van der Waals surface area contributed by atoms with Crippen molar-refractivity contribution in [3.63, 3.8) is 0 Å². The van der Waals surface area contributed by atoms with Crippen molar-refractivity contribution in [2.75, 3.05) is 40.9 Å². The van der Waals surface area contributed by atoms with E-state index >= 15 is 0 Å². The lowest BCUT2D eigenvalue weighted by Crippen LogP contribution is -2.45. The van der Waals surface area contributed by atoms with Crippen LogP contribution in [-0.2, 0) is 18.4 Å². The van der Waals surface area contributed by atoms with Crippen LogP contribution in [0.4, 0.5) is 0 Å². The van der Waals surface area contributed by atoms with Gasteiger partial charge in [-0.1, -0.05) is 236 Å². The molecule has 0 rings (SSSR count). The molecular weight excluding hydrogens is 852 g/mol. The molecule has 0 bridgehead atoms. The lowest BCUT2D eigenvalue weighted by Gasteiger charge is -2.29. The van der Waals surface area contributed by atoms with Gasteiger partial charge in [0.1, 0.15) is 13.2 Å². The van der Waals surface area contributed by atoms with Gasteiger partial charge in [0.15, 0.2) is 0 Å². The monoisotopic (exact) mass is 963 g/mol. The lowest BCUT2D eigenvalue weighted by atomic mass is 10.0. The molecule has 0 saturated carbocycles. The van der Waals surface area contributed by atoms with Crippen molar-refractivity contribution in [3.05, 3.63) is 48.6 Å². The Bertz CT molecular complexity index is 1230. The van der Waals surface area contributed by atoms with Crippen LogP contribution in [0.1, 0.15) is 264 Å². The van der Waals surface area contributed by atoms with Crippen LogP contribution in [0.5, 0.6) is 0 Å². The third-order valence-electron chi connectivity index (χ3n) is 12.7. The molecule has 8 nitrogen and oxygen atoms in total. The zero-order chi connectivity index (χ0) is 49.2. The number of hydrogen-bond donors (Lipinski definition) is 2. The number of nitrogens with one attached hydrogen (secondary N) is 1. The third kappa shape index (κ3) is 52.1. The normalized spacial score (nSPS) is 14.3. The van der Waals surface area contributed by atoms with Crippen LogP contribution < -0.4 is 10.2 Å². The molecule has 0 aliphatic carbocycles. The molecule has 0 radical (unpaired) electrons. The van der Waals surface area contributed by atoms with Gasteiger partial charge < -0.3 is 28.8 Å². The number of likely N-dealkylation sites (N-methyl/N-ethyl adjacent to an activating group) is 1. The van der Waals surface area contributed by atoms with Crippen molar-refractivity contribution in [3.8, 4) is 0 Å². The summed E-state index contributed by atoms with van der Waals surface area (Å²) in [5, 5.41) is 13.9. The number of nitrogens with zero attached hydrogens (tertiary/aromatic N) is 1. The molecule has 0 aliphatic rings. The third-order valence-corrected chi connectivity index (χ3v) is 13.7. The van der Waals surface area contributed by atoms with Crippen LogP contribution in [0, 0.1) is 0 Å². The van der Waals surface area contributed by atoms with E-state index in [9.17, 15) is 19.4 Å². The quantitative estimate of drug-likeness (QED) is 0.0272. The predicted molar refractivity (Wildman–Crippen MR) is 288 cm³/mol. The fourth-order valence-electron chi connectivity index (χ4n) is 8.24. The SMILES string of the molecule is CCCCCCCCCCCC/C=C\CCCCCCCCCC(=O)NC(COP(=O)([O-])OCC[N+](C)(C)C)C(O)/C=C/CC/C=C/CC/C=C/CCCCCCCCCCCCCCCC. The number of aliphatic hydroxyl groups is 1. The molecule has 0 heterocycles. The van der Waals surface area contributed by atoms with Crippen molar-refractivity contribution in [1.29, 1.82) is 0 Å². The first-order valence-electron chi connectivity index (χ1n) is 28.5. The number of phosphoric acid groups is 1. The molecule has 0 spiro atoms. The molecule has 0 saturated heterocycles. The second-order valence-corrected chi connectivity index (χ2v) is 22.0. The second-order valence-electron chi connectivity index (χ2n) is 20.6. The number of phosphoric ester groups is 1. The smallest absolute Gasteiger partial charge is 0.268 e. The average molecular weight is 964 g/mol. The number of hydrogen-bond acceptors (Lipinski definition) is 6. The summed E-state index contributed by atoms with van der Waals surface area (Å²) in [4.78, 5) is 25.5. The molecule has 0 aromatic carbocycles. The van der Waals surface area contributed by atoms with E-state index in [0.717, 1.165) is 44.9 Å². The van der Waals surface area contributed by atoms with E-state index in [1.165, 1.54) is 199 Å². The lowest BCUT2D eigenvalue weighted by molar-refractivity contribution is -0.870. The summed E-state index contributed by atoms with van der Waals surface area (Å²) < 4.78 is 23.3. The minimum Gasteiger partial charge on any atom is -0.756 e. The van der Waals surface area contributed by atoms with E-state index in [1.807, 2.05) is 27.2 Å². The molecule has 2 N–H and O–H groups in total. The molecule has 394 valence electrons. The topological polar surface area (TPSA) is 108 Å². The van der Waals surface area contributed by atoms with E-state index in [-0.39, 0.29) is 12.5 Å². The van der Waals surface area contributed by atoms with E-state index < -0.39 is 26.6 Å². The van der Waals surface area contributed by atoms with Gasteiger partial charge in [-0.25, -0.2) is 0 Å². The fraction of sp³-hybridized carbons (Fsp3) is 0.845. The summed E-state index contributed by atoms with van der Waals surface area (Å²) >= 11 is 0. The summed E-state index contributed by atoms with van der Waals surface area (Å²) in [5.41, 5.74) is 0. The van der Waals surface area contributed by atoms with Gasteiger partial charge in [0, 0.05) is 6.42 Å². The van der Waals surface area contributed by atoms with Gasteiger partial charge in [-0.2, -0.15) is 0 Å². The van der Waals surface area contributed by atoms with Gasteiger partial charge in [0.2, 0.25) is 5.91 Å². The summed E-state index contributed by atoms with van der Waals surface area (Å²) in [6.07, 6.45) is 64.7. The van der Waals surface area contributed by atoms with Gasteiger partial charge in [0.25, 0.3) is 7.82 Å². The zero-order valence-electron chi connectivity index (χ0n) is 44.9. The number of carbonyl (C=O) groups is 1. The number of unbranched alkanes of at least 4 members (excludes halogenated alkanes) is 33. The highest BCUT2D eigenvalue weighted by atomic mass is 31.2. The van der Waals surface area contributed by atoms with E-state index in [2.05, 4.69) is 55.6 Å². The van der Waals surface area contributed by atoms with Crippen LogP contribution in [0.25, 0.3) is 0 Å². The highest BCUT2D eigenvalue weighted by molar-refractivity contribution is 7.45. The Morgan fingerprint density at radius 3 is 1.21 bits per heavy atom. The Labute approximate surface area is 416 Å². The number of allylic oxidation sites excluding steroid dienone is 7. The van der Waals surface area contributed by atoms with Crippen molar-refractivity contribution in [2.45, 2.75) is 276 Å². The summed E-state index contributed by atoms with van der Waals surface area (Å²) in [6, 6.07) is -0.913. The van der Waals surface area contributed by atoms with Crippen LogP contribution in [-0.4, -0.2) is 68.5 Å². The second kappa shape index (κ2) is 49.4. The predicted octanol–water partition coefficient (Wildman–Crippen LogP) is 16.5. The molecule has 1 amide bonds. The first kappa shape index (κ1) is 65.5. The molecule has 0 aliphatic heterocycles. The van der Waals surface area contributed by atoms with Gasteiger partial charge >= 0.3 is 0 Å². The number of amides is 1. The Balaban J connectivity index is 4.31. The first-order chi connectivity index (χ1) is 32.5. The van der Waals surface area contributed by atoms with E-state index in [4.69, 9.17) is 9.05 Å². The molecule has 3 unspecified atom stereocenters. The van der Waals surface area contributed by atoms with Crippen molar-refractivity contribution in [1.82, 2.24) is 5.32 Å². The van der Waals surface area contributed by atoms with Gasteiger partial charge in [-0.15, -0.1) is 0 Å². The van der Waals surface area contributed by atoms with Crippen LogP contribution in [0.15, 0.2) is 48.6 Å². The van der Waals surface area contributed by atoms with Gasteiger partial charge in [-0.3, -0.25) is 9.36 Å². The molecule has 0 aromatic rings. The van der Waals surface area contributed by atoms with Crippen LogP contribution in [0.2, 0.25) is 0 Å². The maximum absolute atomic E-state index is 12.9. The maximum Gasteiger partial charge on any atom is 0.268 e. The van der Waals surface area contributed by atoms with Crippen LogP contribution >= 0.6 is 7.82 Å². The Kier molecular flexibility index (Phi) is 48.3. The Morgan fingerprint density at radius 1 is 0.507 bits per heavy atom. The molecule has 0 fully saturated rings. The van der Waals surface area contributed by atoms with E-state index in [1.54, 1.807) is 6.08 Å². The Morgan fingerprint density at radius 2 is 0.836 bits per heavy atom. The summed E-state index contributed by atoms with van der Waals surface area (Å²) in [6.45, 7) is 4.64. The highest BCUT2D eigenvalue weighted by Crippen LogP contribution is 2.38. The molecule has 0 aromatic heterocycles. The van der Waals surface area contributed by atoms with Gasteiger partial charge in [0.05, 0.1) is 39.9 Å². The minimum atomic E-state index is -4.61. The number of quaternary nitrogens is 1. The molecule has 9 heteroatoms. The van der Waals surface area contributed by atoms with Crippen molar-refractivity contribution < 1.29 is 32.9 Å². The molecular formula is C58H111N2O6P. The highest BCUT2D eigenvalue weighted by Gasteiger charge is 2.23. The average Bonchev–Trinajstić information content (AvgIpc) is 3.29. The van der Waals surface area contributed by atoms with Crippen molar-refractivity contribution >= 4 is 13.7 Å². The first-order valence-corrected chi connectivity index (χ1v) is 30.0. The summed E-state index contributed by atoms with van der Waals surface area (Å²) in [5.74, 6) is -0.214. The number of rotatable bonds is 52. The summed E-state index contributed by atoms with van der Waals surface area (Å²) in [7, 11) is 1.24. The number of carbonyl (C=O) groups excluding carboxylic acids is 1. The zero-order valence-corrected chi connectivity index (χ0v) is 45.7. The molecule has 67 heavy (non-hydrogen) atoms. The Hall–Kier alpha value is -1.54. The maximum atomic E-state index is 12.9. The van der Waals surface area contributed by atoms with Crippen LogP contribution in [0.3, 0.4) is 0 Å².